The Hall–Kier alpha value is -0.640. The van der Waals surface area contributed by atoms with Crippen LogP contribution in [0.1, 0.15) is 90.9 Å². The Morgan fingerprint density at radius 1 is 0.704 bits per heavy atom. The van der Waals surface area contributed by atoms with Gasteiger partial charge in [-0.3, -0.25) is 0 Å². The average molecular weight is 379 g/mol. The molecular weight excluding hydrogens is 336 g/mol. The Labute approximate surface area is 167 Å². The molecule has 0 bridgehead atoms. The van der Waals surface area contributed by atoms with E-state index in [1.54, 1.807) is 0 Å². The number of epoxide rings is 2. The van der Waals surface area contributed by atoms with Crippen LogP contribution in [0.25, 0.3) is 0 Å². The number of ether oxygens (including phenoxy) is 3. The molecule has 0 radical (unpaired) electrons. The number of rotatable bonds is 18. The molecule has 3 heteroatoms. The van der Waals surface area contributed by atoms with Crippen molar-refractivity contribution >= 4 is 0 Å². The lowest BCUT2D eigenvalue weighted by Gasteiger charge is -2.18. The fraction of sp³-hybridized carbons (Fsp3) is 0.833. The molecule has 3 nitrogen and oxygen atoms in total. The van der Waals surface area contributed by atoms with Gasteiger partial charge in [0, 0.05) is 0 Å². The van der Waals surface area contributed by atoms with E-state index >= 15 is 0 Å². The highest BCUT2D eigenvalue weighted by atomic mass is 16.6. The Balaban J connectivity index is 1.67. The van der Waals surface area contributed by atoms with E-state index in [1.165, 1.54) is 64.2 Å². The maximum atomic E-state index is 6.37. The summed E-state index contributed by atoms with van der Waals surface area (Å²) >= 11 is 0. The van der Waals surface area contributed by atoms with Gasteiger partial charge in [-0.05, 0) is 25.7 Å². The summed E-state index contributed by atoms with van der Waals surface area (Å²) in [4.78, 5) is 0. The third-order valence-electron chi connectivity index (χ3n) is 5.37. The second-order valence-electron chi connectivity index (χ2n) is 8.07. The lowest BCUT2D eigenvalue weighted by atomic mass is 10.1. The molecule has 0 aromatic rings. The lowest BCUT2D eigenvalue weighted by molar-refractivity contribution is 0.0113. The van der Waals surface area contributed by atoms with Gasteiger partial charge in [0.15, 0.2) is 0 Å². The van der Waals surface area contributed by atoms with Crippen molar-refractivity contribution in [1.29, 1.82) is 0 Å². The molecule has 0 N–H and O–H groups in total. The first-order valence-electron chi connectivity index (χ1n) is 11.6. The molecule has 0 saturated carbocycles. The largest absolute Gasteiger partial charge is 0.370 e. The highest BCUT2D eigenvalue weighted by molar-refractivity contribution is 5.03. The molecule has 4 unspecified atom stereocenters. The molecule has 2 aliphatic rings. The quantitative estimate of drug-likeness (QED) is 0.158. The van der Waals surface area contributed by atoms with Gasteiger partial charge in [0.25, 0.3) is 0 Å². The summed E-state index contributed by atoms with van der Waals surface area (Å²) in [6, 6.07) is 0. The van der Waals surface area contributed by atoms with Crippen LogP contribution >= 0.6 is 0 Å². The maximum absolute atomic E-state index is 6.37. The fourth-order valence-electron chi connectivity index (χ4n) is 3.38. The van der Waals surface area contributed by atoms with Crippen LogP contribution in [0.15, 0.2) is 24.3 Å². The molecule has 27 heavy (non-hydrogen) atoms. The zero-order valence-electron chi connectivity index (χ0n) is 17.7. The van der Waals surface area contributed by atoms with Gasteiger partial charge in [-0.15, -0.1) is 0 Å². The van der Waals surface area contributed by atoms with Crippen molar-refractivity contribution in [3.8, 4) is 0 Å². The van der Waals surface area contributed by atoms with Crippen molar-refractivity contribution in [2.45, 2.75) is 115 Å². The van der Waals surface area contributed by atoms with Crippen molar-refractivity contribution < 1.29 is 14.2 Å². The molecule has 2 heterocycles. The van der Waals surface area contributed by atoms with Crippen molar-refractivity contribution in [3.05, 3.63) is 24.3 Å². The Morgan fingerprint density at radius 3 is 1.48 bits per heavy atom. The smallest absolute Gasteiger partial charge is 0.111 e. The van der Waals surface area contributed by atoms with E-state index in [2.05, 4.69) is 38.2 Å². The van der Waals surface area contributed by atoms with Crippen LogP contribution in [-0.4, -0.2) is 37.6 Å². The summed E-state index contributed by atoms with van der Waals surface area (Å²) in [5.74, 6) is 0. The first kappa shape index (κ1) is 22.6. The first-order chi connectivity index (χ1) is 13.3. The average Bonchev–Trinajstić information content (AvgIpc) is 3.57. The standard InChI is InChI=1S/C24H42O3/c1-3-5-7-9-11-13-15-17-21(23-19-25-23)27-22(24-20-26-24)18-16-14-12-10-8-6-4-2/h15-18,21-24H,3-14,19-20H2,1-2H3. The molecule has 2 saturated heterocycles. The monoisotopic (exact) mass is 378 g/mol. The van der Waals surface area contributed by atoms with E-state index < -0.39 is 0 Å². The number of unbranched alkanes of at least 4 members (excludes halogenated alkanes) is 10. The van der Waals surface area contributed by atoms with Crippen molar-refractivity contribution in [1.82, 2.24) is 0 Å². The maximum Gasteiger partial charge on any atom is 0.111 e. The normalized spacial score (nSPS) is 23.9. The van der Waals surface area contributed by atoms with E-state index in [9.17, 15) is 0 Å². The van der Waals surface area contributed by atoms with Gasteiger partial charge in [-0.25, -0.2) is 0 Å². The molecule has 0 aliphatic carbocycles. The minimum Gasteiger partial charge on any atom is -0.370 e. The molecule has 4 atom stereocenters. The SMILES string of the molecule is CCCCCCCC=CC(OC(C=CCCCCCCC)C1CO1)C1CO1. The van der Waals surface area contributed by atoms with Crippen LogP contribution in [0.3, 0.4) is 0 Å². The highest BCUT2D eigenvalue weighted by Crippen LogP contribution is 2.26. The summed E-state index contributed by atoms with van der Waals surface area (Å²) in [7, 11) is 0. The van der Waals surface area contributed by atoms with E-state index in [0.717, 1.165) is 26.1 Å². The Kier molecular flexibility index (Phi) is 12.1. The molecule has 0 amide bonds. The topological polar surface area (TPSA) is 34.3 Å². The molecule has 156 valence electrons. The van der Waals surface area contributed by atoms with Crippen LogP contribution < -0.4 is 0 Å². The summed E-state index contributed by atoms with van der Waals surface area (Å²) < 4.78 is 17.4. The van der Waals surface area contributed by atoms with Crippen molar-refractivity contribution in [3.63, 3.8) is 0 Å². The summed E-state index contributed by atoms with van der Waals surface area (Å²) in [6.45, 7) is 6.17. The zero-order valence-corrected chi connectivity index (χ0v) is 17.7. The van der Waals surface area contributed by atoms with Gasteiger partial charge >= 0.3 is 0 Å². The second-order valence-corrected chi connectivity index (χ2v) is 8.07. The van der Waals surface area contributed by atoms with E-state index in [4.69, 9.17) is 14.2 Å². The lowest BCUT2D eigenvalue weighted by Crippen LogP contribution is -2.27. The number of hydrogen-bond donors (Lipinski definition) is 0. The molecular formula is C24H42O3. The van der Waals surface area contributed by atoms with Gasteiger partial charge in [0.1, 0.15) is 24.4 Å². The van der Waals surface area contributed by atoms with E-state index in [0.29, 0.717) is 0 Å². The molecule has 0 aromatic carbocycles. The minimum atomic E-state index is 0.0732. The second kappa shape index (κ2) is 14.4. The van der Waals surface area contributed by atoms with Crippen LogP contribution in [-0.2, 0) is 14.2 Å². The van der Waals surface area contributed by atoms with E-state index in [1.807, 2.05) is 0 Å². The van der Waals surface area contributed by atoms with Gasteiger partial charge in [0.05, 0.1) is 13.2 Å². The minimum absolute atomic E-state index is 0.0732. The van der Waals surface area contributed by atoms with Crippen LogP contribution in [0.2, 0.25) is 0 Å². The van der Waals surface area contributed by atoms with Gasteiger partial charge in [-0.1, -0.05) is 89.5 Å². The number of allylic oxidation sites excluding steroid dienone is 2. The fourth-order valence-corrected chi connectivity index (χ4v) is 3.38. The third kappa shape index (κ3) is 11.1. The van der Waals surface area contributed by atoms with Gasteiger partial charge < -0.3 is 14.2 Å². The Morgan fingerprint density at radius 2 is 1.11 bits per heavy atom. The predicted molar refractivity (Wildman–Crippen MR) is 113 cm³/mol. The summed E-state index contributed by atoms with van der Waals surface area (Å²) in [6.07, 6.45) is 25.3. The van der Waals surface area contributed by atoms with Gasteiger partial charge in [0.2, 0.25) is 0 Å². The summed E-state index contributed by atoms with van der Waals surface area (Å²) in [5, 5.41) is 0. The molecule has 2 rings (SSSR count). The van der Waals surface area contributed by atoms with Crippen LogP contribution in [0.5, 0.6) is 0 Å². The molecule has 0 spiro atoms. The van der Waals surface area contributed by atoms with Crippen molar-refractivity contribution in [2.75, 3.05) is 13.2 Å². The van der Waals surface area contributed by atoms with Crippen LogP contribution in [0.4, 0.5) is 0 Å². The third-order valence-corrected chi connectivity index (χ3v) is 5.37. The van der Waals surface area contributed by atoms with E-state index in [-0.39, 0.29) is 24.4 Å². The number of hydrogen-bond acceptors (Lipinski definition) is 3. The Bertz CT molecular complexity index is 372. The zero-order chi connectivity index (χ0) is 19.2. The first-order valence-corrected chi connectivity index (χ1v) is 11.6. The highest BCUT2D eigenvalue weighted by Gasteiger charge is 2.38. The molecule has 2 aliphatic heterocycles. The summed E-state index contributed by atoms with van der Waals surface area (Å²) in [5.41, 5.74) is 0. The van der Waals surface area contributed by atoms with Gasteiger partial charge in [-0.2, -0.15) is 0 Å². The predicted octanol–water partition coefficient (Wildman–Crippen LogP) is 6.37. The molecule has 2 fully saturated rings. The van der Waals surface area contributed by atoms with Crippen molar-refractivity contribution in [2.24, 2.45) is 0 Å². The van der Waals surface area contributed by atoms with Crippen LogP contribution in [0, 0.1) is 0 Å². The molecule has 0 aromatic heterocycles.